The van der Waals surface area contributed by atoms with E-state index in [0.717, 1.165) is 12.2 Å². The Morgan fingerprint density at radius 3 is 2.07 bits per heavy atom. The molecule has 0 aliphatic heterocycles. The molecule has 0 saturated carbocycles. The van der Waals surface area contributed by atoms with E-state index in [1.54, 1.807) is 0 Å². The van der Waals surface area contributed by atoms with Gasteiger partial charge in [-0.25, -0.2) is 0 Å². The maximum absolute atomic E-state index is 5.57. The van der Waals surface area contributed by atoms with Crippen LogP contribution in [-0.2, 0) is 11.8 Å². The predicted molar refractivity (Wildman–Crippen MR) is 60.6 cm³/mol. The van der Waals surface area contributed by atoms with Crippen molar-refractivity contribution in [1.82, 2.24) is 0 Å². The summed E-state index contributed by atoms with van der Waals surface area (Å²) in [6.07, 6.45) is 2.89. The highest BCUT2D eigenvalue weighted by atomic mass is 16.3. The minimum Gasteiger partial charge on any atom is -0.469 e. The minimum atomic E-state index is 0.115. The average molecular weight is 194 g/mol. The van der Waals surface area contributed by atoms with E-state index < -0.39 is 0 Å². The molecule has 0 atom stereocenters. The van der Waals surface area contributed by atoms with E-state index in [9.17, 15) is 0 Å². The van der Waals surface area contributed by atoms with E-state index in [4.69, 9.17) is 4.42 Å². The van der Waals surface area contributed by atoms with Crippen LogP contribution in [0.25, 0.3) is 0 Å². The van der Waals surface area contributed by atoms with Crippen molar-refractivity contribution in [3.63, 3.8) is 0 Å². The van der Waals surface area contributed by atoms with E-state index in [1.165, 1.54) is 5.56 Å². The van der Waals surface area contributed by atoms with E-state index in [0.29, 0.717) is 5.41 Å². The molecule has 0 spiro atoms. The first-order chi connectivity index (χ1) is 6.20. The Bertz CT molecular complexity index is 294. The van der Waals surface area contributed by atoms with Crippen LogP contribution in [0.3, 0.4) is 0 Å². The summed E-state index contributed by atoms with van der Waals surface area (Å²) in [7, 11) is 0. The average Bonchev–Trinajstić information content (AvgIpc) is 2.29. The molecule has 80 valence electrons. The Morgan fingerprint density at radius 2 is 1.64 bits per heavy atom. The van der Waals surface area contributed by atoms with Crippen molar-refractivity contribution in [3.05, 3.63) is 23.7 Å². The summed E-state index contributed by atoms with van der Waals surface area (Å²) in [5.74, 6) is 1.13. The van der Waals surface area contributed by atoms with Crippen LogP contribution in [0.15, 0.2) is 16.7 Å². The molecule has 0 aromatic carbocycles. The number of rotatable bonds is 1. The van der Waals surface area contributed by atoms with Gasteiger partial charge in [-0.1, -0.05) is 41.5 Å². The summed E-state index contributed by atoms with van der Waals surface area (Å²) in [5.41, 5.74) is 1.79. The molecule has 0 saturated heterocycles. The molecular weight excluding hydrogens is 172 g/mol. The minimum absolute atomic E-state index is 0.115. The monoisotopic (exact) mass is 194 g/mol. The number of hydrogen-bond donors (Lipinski definition) is 0. The van der Waals surface area contributed by atoms with Crippen molar-refractivity contribution in [3.8, 4) is 0 Å². The smallest absolute Gasteiger partial charge is 0.112 e. The maximum atomic E-state index is 5.57. The van der Waals surface area contributed by atoms with Crippen molar-refractivity contribution in [2.75, 3.05) is 0 Å². The molecule has 1 rings (SSSR count). The predicted octanol–water partition coefficient (Wildman–Crippen LogP) is 4.17. The Morgan fingerprint density at radius 1 is 1.07 bits per heavy atom. The van der Waals surface area contributed by atoms with Gasteiger partial charge < -0.3 is 4.42 Å². The molecule has 1 aromatic rings. The van der Waals surface area contributed by atoms with Crippen LogP contribution < -0.4 is 0 Å². The van der Waals surface area contributed by atoms with Gasteiger partial charge in [0.05, 0.1) is 6.26 Å². The SMILES string of the molecule is CC(C)(C)Cc1ccoc1C(C)(C)C. The lowest BCUT2D eigenvalue weighted by molar-refractivity contribution is 0.376. The Hall–Kier alpha value is -0.720. The topological polar surface area (TPSA) is 13.1 Å². The summed E-state index contributed by atoms with van der Waals surface area (Å²) >= 11 is 0. The standard InChI is InChI=1S/C13H22O/c1-12(2,3)9-10-7-8-14-11(10)13(4,5)6/h7-8H,9H2,1-6H3. The molecule has 0 radical (unpaired) electrons. The maximum Gasteiger partial charge on any atom is 0.112 e. The van der Waals surface area contributed by atoms with Crippen LogP contribution in [0.4, 0.5) is 0 Å². The van der Waals surface area contributed by atoms with Crippen LogP contribution in [0.2, 0.25) is 0 Å². The molecular formula is C13H22O. The van der Waals surface area contributed by atoms with Gasteiger partial charge in [0.1, 0.15) is 5.76 Å². The third-order valence-corrected chi connectivity index (χ3v) is 2.15. The molecule has 0 aliphatic rings. The second-order valence-corrected chi connectivity index (χ2v) is 6.26. The third-order valence-electron chi connectivity index (χ3n) is 2.15. The summed E-state index contributed by atoms with van der Waals surface area (Å²) in [5, 5.41) is 0. The van der Waals surface area contributed by atoms with Crippen molar-refractivity contribution in [2.24, 2.45) is 5.41 Å². The molecule has 0 amide bonds. The normalized spacial score (nSPS) is 13.3. The van der Waals surface area contributed by atoms with E-state index in [2.05, 4.69) is 47.6 Å². The van der Waals surface area contributed by atoms with Gasteiger partial charge in [-0.15, -0.1) is 0 Å². The Labute approximate surface area is 87.5 Å². The van der Waals surface area contributed by atoms with Crippen LogP contribution in [-0.4, -0.2) is 0 Å². The Kier molecular flexibility index (Phi) is 2.80. The van der Waals surface area contributed by atoms with E-state index >= 15 is 0 Å². The van der Waals surface area contributed by atoms with Crippen LogP contribution in [0, 0.1) is 5.41 Å². The van der Waals surface area contributed by atoms with Gasteiger partial charge in [0, 0.05) is 5.41 Å². The fourth-order valence-corrected chi connectivity index (χ4v) is 1.70. The van der Waals surface area contributed by atoms with Gasteiger partial charge in [0.25, 0.3) is 0 Å². The van der Waals surface area contributed by atoms with Crippen LogP contribution >= 0.6 is 0 Å². The zero-order valence-corrected chi connectivity index (χ0v) is 10.3. The van der Waals surface area contributed by atoms with Gasteiger partial charge in [-0.2, -0.15) is 0 Å². The first-order valence-electron chi connectivity index (χ1n) is 5.27. The number of furan rings is 1. The molecule has 1 nitrogen and oxygen atoms in total. The zero-order valence-electron chi connectivity index (χ0n) is 10.3. The van der Waals surface area contributed by atoms with Gasteiger partial charge in [-0.05, 0) is 23.5 Å². The lowest BCUT2D eigenvalue weighted by atomic mass is 9.83. The zero-order chi connectivity index (χ0) is 11.0. The molecule has 0 bridgehead atoms. The van der Waals surface area contributed by atoms with Crippen molar-refractivity contribution in [2.45, 2.75) is 53.4 Å². The van der Waals surface area contributed by atoms with Gasteiger partial charge in [-0.3, -0.25) is 0 Å². The molecule has 1 aromatic heterocycles. The fraction of sp³-hybridized carbons (Fsp3) is 0.692. The van der Waals surface area contributed by atoms with Gasteiger partial charge in [0.2, 0.25) is 0 Å². The fourth-order valence-electron chi connectivity index (χ4n) is 1.70. The van der Waals surface area contributed by atoms with Crippen molar-refractivity contribution in [1.29, 1.82) is 0 Å². The lowest BCUT2D eigenvalue weighted by Crippen LogP contribution is -2.16. The van der Waals surface area contributed by atoms with Gasteiger partial charge >= 0.3 is 0 Å². The summed E-state index contributed by atoms with van der Waals surface area (Å²) in [6, 6.07) is 2.10. The van der Waals surface area contributed by atoms with Gasteiger partial charge in [0.15, 0.2) is 0 Å². The molecule has 0 aliphatic carbocycles. The quantitative estimate of drug-likeness (QED) is 0.654. The summed E-state index contributed by atoms with van der Waals surface area (Å²) in [4.78, 5) is 0. The first kappa shape index (κ1) is 11.4. The highest BCUT2D eigenvalue weighted by Crippen LogP contribution is 2.31. The van der Waals surface area contributed by atoms with E-state index in [-0.39, 0.29) is 5.41 Å². The Balaban J connectivity index is 2.95. The van der Waals surface area contributed by atoms with Crippen molar-refractivity contribution >= 4 is 0 Å². The van der Waals surface area contributed by atoms with Crippen LogP contribution in [0.1, 0.15) is 52.9 Å². The second-order valence-electron chi connectivity index (χ2n) is 6.26. The highest BCUT2D eigenvalue weighted by molar-refractivity contribution is 5.24. The summed E-state index contributed by atoms with van der Waals surface area (Å²) in [6.45, 7) is 13.3. The molecule has 0 fully saturated rings. The third kappa shape index (κ3) is 2.90. The molecule has 14 heavy (non-hydrogen) atoms. The second kappa shape index (κ2) is 3.45. The molecule has 0 unspecified atom stereocenters. The largest absolute Gasteiger partial charge is 0.469 e. The van der Waals surface area contributed by atoms with Crippen molar-refractivity contribution < 1.29 is 4.42 Å². The molecule has 1 heteroatoms. The van der Waals surface area contributed by atoms with E-state index in [1.807, 2.05) is 6.26 Å². The number of hydrogen-bond acceptors (Lipinski definition) is 1. The summed E-state index contributed by atoms with van der Waals surface area (Å²) < 4.78 is 5.57. The van der Waals surface area contributed by atoms with Crippen LogP contribution in [0.5, 0.6) is 0 Å². The first-order valence-corrected chi connectivity index (χ1v) is 5.27. The lowest BCUT2D eigenvalue weighted by Gasteiger charge is -2.22. The molecule has 1 heterocycles. The molecule has 0 N–H and O–H groups in total. The highest BCUT2D eigenvalue weighted by Gasteiger charge is 2.24.